The predicted molar refractivity (Wildman–Crippen MR) is 78.5 cm³/mol. The number of aryl methyl sites for hydroxylation is 2. The highest BCUT2D eigenvalue weighted by Gasteiger charge is 2.14. The Kier molecular flexibility index (Phi) is 4.16. The molecule has 0 aliphatic carbocycles. The Bertz CT molecular complexity index is 677. The zero-order chi connectivity index (χ0) is 15.6. The maximum atomic E-state index is 12.1. The molecule has 2 aromatic rings. The van der Waals surface area contributed by atoms with Gasteiger partial charge < -0.3 is 15.2 Å². The Morgan fingerprint density at radius 1 is 1.43 bits per heavy atom. The number of rotatable bonds is 4. The van der Waals surface area contributed by atoms with Crippen LogP contribution in [0.4, 0.5) is 0 Å². The largest absolute Gasteiger partial charge is 0.507 e. The Balaban J connectivity index is 2.12. The van der Waals surface area contributed by atoms with Crippen LogP contribution in [0.15, 0.2) is 18.2 Å². The second-order valence-corrected chi connectivity index (χ2v) is 4.84. The SMILES string of the molecule is COc1ccc(C(=O)NCc2c(C)nn(C)c2C)c(O)c1. The monoisotopic (exact) mass is 289 g/mol. The number of phenolic OH excluding ortho intramolecular Hbond substituents is 1. The van der Waals surface area contributed by atoms with Crippen molar-refractivity contribution in [2.75, 3.05) is 7.11 Å². The minimum Gasteiger partial charge on any atom is -0.507 e. The molecule has 0 fully saturated rings. The van der Waals surface area contributed by atoms with Gasteiger partial charge in [-0.15, -0.1) is 0 Å². The number of carbonyl (C=O) groups is 1. The van der Waals surface area contributed by atoms with Crippen molar-refractivity contribution < 1.29 is 14.6 Å². The molecular weight excluding hydrogens is 270 g/mol. The average molecular weight is 289 g/mol. The number of methoxy groups -OCH3 is 1. The van der Waals surface area contributed by atoms with E-state index in [0.717, 1.165) is 17.0 Å². The van der Waals surface area contributed by atoms with Crippen LogP contribution in [0.1, 0.15) is 27.3 Å². The number of hydrogen-bond acceptors (Lipinski definition) is 4. The van der Waals surface area contributed by atoms with Gasteiger partial charge in [-0.05, 0) is 26.0 Å². The number of aromatic nitrogens is 2. The molecule has 21 heavy (non-hydrogen) atoms. The molecule has 1 heterocycles. The topological polar surface area (TPSA) is 76.4 Å². The molecule has 0 bridgehead atoms. The van der Waals surface area contributed by atoms with Crippen LogP contribution in [0.5, 0.6) is 11.5 Å². The maximum absolute atomic E-state index is 12.1. The van der Waals surface area contributed by atoms with Gasteiger partial charge in [-0.3, -0.25) is 9.48 Å². The third-order valence-electron chi connectivity index (χ3n) is 3.53. The van der Waals surface area contributed by atoms with Gasteiger partial charge in [-0.2, -0.15) is 5.10 Å². The normalized spacial score (nSPS) is 10.5. The fourth-order valence-corrected chi connectivity index (χ4v) is 2.17. The summed E-state index contributed by atoms with van der Waals surface area (Å²) in [4.78, 5) is 12.1. The number of hydrogen-bond donors (Lipinski definition) is 2. The number of aromatic hydroxyl groups is 1. The van der Waals surface area contributed by atoms with Crippen LogP contribution in [0, 0.1) is 13.8 Å². The van der Waals surface area contributed by atoms with Crippen molar-refractivity contribution in [2.45, 2.75) is 20.4 Å². The fourth-order valence-electron chi connectivity index (χ4n) is 2.17. The third-order valence-corrected chi connectivity index (χ3v) is 3.53. The van der Waals surface area contributed by atoms with Crippen LogP contribution in [0.2, 0.25) is 0 Å². The zero-order valence-electron chi connectivity index (χ0n) is 12.6. The van der Waals surface area contributed by atoms with Crippen molar-refractivity contribution in [3.63, 3.8) is 0 Å². The van der Waals surface area contributed by atoms with E-state index in [1.54, 1.807) is 10.7 Å². The summed E-state index contributed by atoms with van der Waals surface area (Å²) in [5.74, 6) is 0.0623. The summed E-state index contributed by atoms with van der Waals surface area (Å²) < 4.78 is 6.77. The van der Waals surface area contributed by atoms with Gasteiger partial charge in [0, 0.05) is 30.9 Å². The average Bonchev–Trinajstić information content (AvgIpc) is 2.69. The first kappa shape index (κ1) is 14.9. The van der Waals surface area contributed by atoms with Crippen molar-refractivity contribution in [3.05, 3.63) is 40.7 Å². The molecule has 0 aliphatic rings. The number of benzene rings is 1. The van der Waals surface area contributed by atoms with Gasteiger partial charge in [-0.1, -0.05) is 0 Å². The lowest BCUT2D eigenvalue weighted by Crippen LogP contribution is -2.23. The van der Waals surface area contributed by atoms with Gasteiger partial charge in [-0.25, -0.2) is 0 Å². The molecule has 0 spiro atoms. The van der Waals surface area contributed by atoms with E-state index in [-0.39, 0.29) is 17.2 Å². The quantitative estimate of drug-likeness (QED) is 0.898. The van der Waals surface area contributed by atoms with Crippen molar-refractivity contribution in [2.24, 2.45) is 7.05 Å². The van der Waals surface area contributed by atoms with Crippen molar-refractivity contribution in [3.8, 4) is 11.5 Å². The standard InChI is InChI=1S/C15H19N3O3/c1-9-13(10(2)18(3)17-9)8-16-15(20)12-6-5-11(21-4)7-14(12)19/h5-7,19H,8H2,1-4H3,(H,16,20). The van der Waals surface area contributed by atoms with Gasteiger partial charge in [0.05, 0.1) is 18.4 Å². The van der Waals surface area contributed by atoms with Gasteiger partial charge in [0.2, 0.25) is 0 Å². The van der Waals surface area contributed by atoms with Crippen LogP contribution < -0.4 is 10.1 Å². The number of carbonyl (C=O) groups excluding carboxylic acids is 1. The summed E-state index contributed by atoms with van der Waals surface area (Å²) in [6.07, 6.45) is 0. The lowest BCUT2D eigenvalue weighted by Gasteiger charge is -2.08. The van der Waals surface area contributed by atoms with Crippen molar-refractivity contribution in [1.82, 2.24) is 15.1 Å². The van der Waals surface area contributed by atoms with Crippen LogP contribution in [0.3, 0.4) is 0 Å². The molecule has 112 valence electrons. The van der Waals surface area contributed by atoms with E-state index >= 15 is 0 Å². The molecule has 1 amide bonds. The Morgan fingerprint density at radius 3 is 2.67 bits per heavy atom. The van der Waals surface area contributed by atoms with Crippen LogP contribution in [-0.2, 0) is 13.6 Å². The smallest absolute Gasteiger partial charge is 0.255 e. The highest BCUT2D eigenvalue weighted by atomic mass is 16.5. The van der Waals surface area contributed by atoms with Gasteiger partial charge in [0.15, 0.2) is 0 Å². The fraction of sp³-hybridized carbons (Fsp3) is 0.333. The summed E-state index contributed by atoms with van der Waals surface area (Å²) in [6, 6.07) is 4.58. The van der Waals surface area contributed by atoms with Crippen molar-refractivity contribution >= 4 is 5.91 Å². The van der Waals surface area contributed by atoms with Crippen LogP contribution >= 0.6 is 0 Å². The molecule has 6 nitrogen and oxygen atoms in total. The molecule has 6 heteroatoms. The molecular formula is C15H19N3O3. The first-order valence-electron chi connectivity index (χ1n) is 6.58. The second-order valence-electron chi connectivity index (χ2n) is 4.84. The Morgan fingerprint density at radius 2 is 2.14 bits per heavy atom. The molecule has 0 saturated carbocycles. The predicted octanol–water partition coefficient (Wildman–Crippen LogP) is 1.68. The minimum atomic E-state index is -0.335. The summed E-state index contributed by atoms with van der Waals surface area (Å²) in [7, 11) is 3.37. The number of nitrogens with zero attached hydrogens (tertiary/aromatic N) is 2. The number of phenols is 1. The highest BCUT2D eigenvalue weighted by Crippen LogP contribution is 2.23. The molecule has 0 saturated heterocycles. The first-order chi connectivity index (χ1) is 9.93. The number of amides is 1. The Labute approximate surface area is 123 Å². The van der Waals surface area contributed by atoms with Gasteiger partial charge in [0.1, 0.15) is 11.5 Å². The minimum absolute atomic E-state index is 0.105. The molecule has 1 aromatic carbocycles. The second kappa shape index (κ2) is 5.87. The van der Waals surface area contributed by atoms with E-state index in [0.29, 0.717) is 12.3 Å². The third kappa shape index (κ3) is 2.99. The van der Waals surface area contributed by atoms with Gasteiger partial charge in [0.25, 0.3) is 5.91 Å². The summed E-state index contributed by atoms with van der Waals surface area (Å²) in [5, 5.41) is 16.9. The van der Waals surface area contributed by atoms with E-state index in [2.05, 4.69) is 10.4 Å². The molecule has 0 unspecified atom stereocenters. The number of ether oxygens (including phenoxy) is 1. The molecule has 0 atom stereocenters. The lowest BCUT2D eigenvalue weighted by atomic mass is 10.1. The molecule has 0 aliphatic heterocycles. The van der Waals surface area contributed by atoms with E-state index in [9.17, 15) is 9.90 Å². The summed E-state index contributed by atoms with van der Waals surface area (Å²) in [5.41, 5.74) is 3.09. The molecule has 1 aromatic heterocycles. The lowest BCUT2D eigenvalue weighted by molar-refractivity contribution is 0.0948. The molecule has 0 radical (unpaired) electrons. The van der Waals surface area contributed by atoms with Crippen molar-refractivity contribution in [1.29, 1.82) is 0 Å². The number of nitrogens with one attached hydrogen (secondary N) is 1. The first-order valence-corrected chi connectivity index (χ1v) is 6.58. The van der Waals surface area contributed by atoms with E-state index < -0.39 is 0 Å². The highest BCUT2D eigenvalue weighted by molar-refractivity contribution is 5.96. The van der Waals surface area contributed by atoms with Crippen LogP contribution in [-0.4, -0.2) is 27.9 Å². The Hall–Kier alpha value is -2.50. The van der Waals surface area contributed by atoms with E-state index in [1.165, 1.54) is 19.2 Å². The molecule has 2 N–H and O–H groups in total. The van der Waals surface area contributed by atoms with Crippen LogP contribution in [0.25, 0.3) is 0 Å². The van der Waals surface area contributed by atoms with E-state index in [1.807, 2.05) is 20.9 Å². The molecule has 2 rings (SSSR count). The van der Waals surface area contributed by atoms with E-state index in [4.69, 9.17) is 4.74 Å². The zero-order valence-corrected chi connectivity index (χ0v) is 12.6. The van der Waals surface area contributed by atoms with Gasteiger partial charge >= 0.3 is 0 Å². The maximum Gasteiger partial charge on any atom is 0.255 e. The summed E-state index contributed by atoms with van der Waals surface area (Å²) in [6.45, 7) is 4.22. The summed E-state index contributed by atoms with van der Waals surface area (Å²) >= 11 is 0.